The lowest BCUT2D eigenvalue weighted by molar-refractivity contribution is -0.115. The zero-order valence-corrected chi connectivity index (χ0v) is 24.0. The number of rotatable bonds is 10. The van der Waals surface area contributed by atoms with Crippen LogP contribution in [-0.4, -0.2) is 38.0 Å². The van der Waals surface area contributed by atoms with Gasteiger partial charge in [-0.15, -0.1) is 11.8 Å². The van der Waals surface area contributed by atoms with E-state index < -0.39 is 0 Å². The number of aryl methyl sites for hydroxylation is 2. The van der Waals surface area contributed by atoms with Crippen LogP contribution in [0.4, 0.5) is 5.69 Å². The summed E-state index contributed by atoms with van der Waals surface area (Å²) in [4.78, 5) is 17.6. The molecule has 4 rings (SSSR count). The number of hydrogen-bond donors (Lipinski definition) is 1. The van der Waals surface area contributed by atoms with Crippen molar-refractivity contribution in [2.45, 2.75) is 25.3 Å². The second-order valence-corrected chi connectivity index (χ2v) is 10.2. The minimum Gasteiger partial charge on any atom is -0.493 e. The monoisotopic (exact) mass is 553 g/mol. The Morgan fingerprint density at radius 3 is 2.12 bits per heavy atom. The van der Waals surface area contributed by atoms with Crippen LogP contribution in [0.3, 0.4) is 0 Å². The van der Waals surface area contributed by atoms with Crippen molar-refractivity contribution < 1.29 is 19.0 Å². The van der Waals surface area contributed by atoms with Gasteiger partial charge in [0, 0.05) is 29.0 Å². The third-order valence-electron chi connectivity index (χ3n) is 6.22. The van der Waals surface area contributed by atoms with E-state index in [1.165, 1.54) is 11.8 Å². The van der Waals surface area contributed by atoms with Gasteiger partial charge in [0.1, 0.15) is 11.1 Å². The molecule has 0 radical (unpaired) electrons. The summed E-state index contributed by atoms with van der Waals surface area (Å²) < 4.78 is 16.6. The summed E-state index contributed by atoms with van der Waals surface area (Å²) in [6, 6.07) is 23.6. The molecule has 1 N–H and O–H groups in total. The molecule has 4 aromatic rings. The van der Waals surface area contributed by atoms with Crippen molar-refractivity contribution >= 4 is 23.4 Å². The summed E-state index contributed by atoms with van der Waals surface area (Å²) in [6.45, 7) is 4.00. The summed E-state index contributed by atoms with van der Waals surface area (Å²) in [5, 5.41) is 13.8. The third-order valence-corrected chi connectivity index (χ3v) is 7.19. The second-order valence-electron chi connectivity index (χ2n) is 9.15. The van der Waals surface area contributed by atoms with Gasteiger partial charge in [-0.3, -0.25) is 4.79 Å². The van der Waals surface area contributed by atoms with Gasteiger partial charge in [0.2, 0.25) is 11.7 Å². The minimum absolute atomic E-state index is 0.0972. The number of aromatic nitrogens is 1. The van der Waals surface area contributed by atoms with Gasteiger partial charge in [0.05, 0.1) is 32.6 Å². The summed E-state index contributed by atoms with van der Waals surface area (Å²) in [6.07, 6.45) is 0.263. The Bertz CT molecular complexity index is 1520. The normalized spacial score (nSPS) is 10.5. The highest BCUT2D eigenvalue weighted by Crippen LogP contribution is 2.43. The SMILES string of the molecule is COc1cc(-c2cc(-c3ccccc3)nc(SCCC(=O)Nc3cc(C)cc(C)c3)c2C#N)cc(OC)c1OC. The van der Waals surface area contributed by atoms with Crippen molar-refractivity contribution in [1.29, 1.82) is 5.26 Å². The van der Waals surface area contributed by atoms with E-state index in [1.807, 2.05) is 74.5 Å². The Balaban J connectivity index is 1.69. The molecule has 0 saturated carbocycles. The van der Waals surface area contributed by atoms with Crippen LogP contribution in [0.15, 0.2) is 71.8 Å². The first-order valence-corrected chi connectivity index (χ1v) is 13.7. The molecular weight excluding hydrogens is 522 g/mol. The number of ether oxygens (including phenoxy) is 3. The number of carbonyl (C=O) groups is 1. The summed E-state index contributed by atoms with van der Waals surface area (Å²) in [5.41, 5.74) is 6.39. The maximum atomic E-state index is 12.7. The molecule has 0 unspecified atom stereocenters. The van der Waals surface area contributed by atoms with E-state index in [4.69, 9.17) is 19.2 Å². The van der Waals surface area contributed by atoms with Crippen LogP contribution < -0.4 is 19.5 Å². The van der Waals surface area contributed by atoms with Gasteiger partial charge in [-0.1, -0.05) is 36.4 Å². The lowest BCUT2D eigenvalue weighted by Crippen LogP contribution is -2.12. The number of methoxy groups -OCH3 is 3. The topological polar surface area (TPSA) is 93.5 Å². The molecule has 204 valence electrons. The number of benzene rings is 3. The molecule has 0 aliphatic heterocycles. The quantitative estimate of drug-likeness (QED) is 0.210. The first kappa shape index (κ1) is 28.5. The number of hydrogen-bond acceptors (Lipinski definition) is 7. The highest BCUT2D eigenvalue weighted by molar-refractivity contribution is 7.99. The van der Waals surface area contributed by atoms with Gasteiger partial charge in [-0.25, -0.2) is 4.98 Å². The third kappa shape index (κ3) is 6.56. The molecule has 8 heteroatoms. The van der Waals surface area contributed by atoms with Crippen LogP contribution >= 0.6 is 11.8 Å². The predicted octanol–water partition coefficient (Wildman–Crippen LogP) is 7.05. The molecule has 0 bridgehead atoms. The molecule has 0 aliphatic carbocycles. The van der Waals surface area contributed by atoms with Crippen molar-refractivity contribution in [3.8, 4) is 45.7 Å². The van der Waals surface area contributed by atoms with Gasteiger partial charge in [-0.05, 0) is 60.9 Å². The molecule has 7 nitrogen and oxygen atoms in total. The van der Waals surface area contributed by atoms with E-state index >= 15 is 0 Å². The van der Waals surface area contributed by atoms with E-state index in [9.17, 15) is 10.1 Å². The fourth-order valence-electron chi connectivity index (χ4n) is 4.47. The lowest BCUT2D eigenvalue weighted by atomic mass is 9.98. The van der Waals surface area contributed by atoms with Gasteiger partial charge in [0.15, 0.2) is 11.5 Å². The number of anilines is 1. The van der Waals surface area contributed by atoms with Gasteiger partial charge in [0.25, 0.3) is 0 Å². The molecule has 0 saturated heterocycles. The molecule has 0 spiro atoms. The highest BCUT2D eigenvalue weighted by Gasteiger charge is 2.20. The number of thioether (sulfide) groups is 1. The minimum atomic E-state index is -0.0972. The van der Waals surface area contributed by atoms with Crippen LogP contribution in [0.25, 0.3) is 22.4 Å². The van der Waals surface area contributed by atoms with E-state index in [0.717, 1.165) is 27.9 Å². The van der Waals surface area contributed by atoms with Crippen LogP contribution in [0.1, 0.15) is 23.1 Å². The molecule has 0 atom stereocenters. The maximum Gasteiger partial charge on any atom is 0.225 e. The van der Waals surface area contributed by atoms with E-state index in [0.29, 0.717) is 44.8 Å². The summed E-state index contributed by atoms with van der Waals surface area (Å²) in [7, 11) is 4.66. The zero-order chi connectivity index (χ0) is 28.6. The van der Waals surface area contributed by atoms with Crippen LogP contribution in [0.5, 0.6) is 17.2 Å². The molecule has 40 heavy (non-hydrogen) atoms. The maximum absolute atomic E-state index is 12.7. The molecule has 0 fully saturated rings. The van der Waals surface area contributed by atoms with Crippen molar-refractivity contribution in [1.82, 2.24) is 4.98 Å². The molecule has 3 aromatic carbocycles. The van der Waals surface area contributed by atoms with Crippen molar-refractivity contribution in [2.75, 3.05) is 32.4 Å². The Morgan fingerprint density at radius 2 is 1.55 bits per heavy atom. The number of amides is 1. The number of nitrogens with one attached hydrogen (secondary N) is 1. The average molecular weight is 554 g/mol. The van der Waals surface area contributed by atoms with Gasteiger partial charge < -0.3 is 19.5 Å². The van der Waals surface area contributed by atoms with Crippen molar-refractivity contribution in [3.05, 3.63) is 83.4 Å². The number of pyridine rings is 1. The second kappa shape index (κ2) is 13.0. The fraction of sp³-hybridized carbons (Fsp3) is 0.219. The Morgan fingerprint density at radius 1 is 0.900 bits per heavy atom. The largest absolute Gasteiger partial charge is 0.493 e. The summed E-state index contributed by atoms with van der Waals surface area (Å²) in [5.74, 6) is 1.78. The zero-order valence-electron chi connectivity index (χ0n) is 23.2. The van der Waals surface area contributed by atoms with Crippen LogP contribution in [0, 0.1) is 25.2 Å². The highest BCUT2D eigenvalue weighted by atomic mass is 32.2. The molecule has 0 aliphatic rings. The van der Waals surface area contributed by atoms with Gasteiger partial charge in [-0.2, -0.15) is 5.26 Å². The van der Waals surface area contributed by atoms with Crippen molar-refractivity contribution in [3.63, 3.8) is 0 Å². The van der Waals surface area contributed by atoms with E-state index in [-0.39, 0.29) is 12.3 Å². The lowest BCUT2D eigenvalue weighted by Gasteiger charge is -2.16. The Kier molecular flexibility index (Phi) is 9.31. The Labute approximate surface area is 239 Å². The number of nitriles is 1. The average Bonchev–Trinajstić information content (AvgIpc) is 2.95. The molecule has 1 amide bonds. The first-order chi connectivity index (χ1) is 19.4. The number of carbonyl (C=O) groups excluding carboxylic acids is 1. The first-order valence-electron chi connectivity index (χ1n) is 12.7. The van der Waals surface area contributed by atoms with Crippen LogP contribution in [-0.2, 0) is 4.79 Å². The number of nitrogens with zero attached hydrogens (tertiary/aromatic N) is 2. The fourth-order valence-corrected chi connectivity index (χ4v) is 5.41. The molecular formula is C32H31N3O4S. The molecule has 1 aromatic heterocycles. The summed E-state index contributed by atoms with van der Waals surface area (Å²) >= 11 is 1.38. The smallest absolute Gasteiger partial charge is 0.225 e. The van der Waals surface area contributed by atoms with Gasteiger partial charge >= 0.3 is 0 Å². The Hall–Kier alpha value is -4.48. The van der Waals surface area contributed by atoms with E-state index in [1.54, 1.807) is 21.3 Å². The van der Waals surface area contributed by atoms with E-state index in [2.05, 4.69) is 17.5 Å². The molecule has 1 heterocycles. The van der Waals surface area contributed by atoms with Crippen molar-refractivity contribution in [2.24, 2.45) is 0 Å². The van der Waals surface area contributed by atoms with Crippen LogP contribution in [0.2, 0.25) is 0 Å². The predicted molar refractivity (Wildman–Crippen MR) is 159 cm³/mol. The standard InChI is InChI=1S/C32H31N3O4S/c1-20-13-21(2)15-24(14-20)34-30(36)11-12-40-32-26(19-33)25(18-27(35-32)22-9-7-6-8-10-22)23-16-28(37-3)31(39-5)29(17-23)38-4/h6-10,13-18H,11-12H2,1-5H3,(H,34,36).